The van der Waals surface area contributed by atoms with Gasteiger partial charge in [-0.25, -0.2) is 0 Å². The highest BCUT2D eigenvalue weighted by Crippen LogP contribution is 1.98. The van der Waals surface area contributed by atoms with E-state index in [1.807, 2.05) is 0 Å². The fraction of sp³-hybridized carbons (Fsp3) is 1.00. The maximum atomic E-state index is 5.29. The molecule has 0 aliphatic carbocycles. The molecule has 8 heavy (non-hydrogen) atoms. The number of nitrogens with two attached hydrogens (primary N) is 1. The van der Waals surface area contributed by atoms with Crippen LogP contribution < -0.4 is 5.73 Å². The molecule has 2 heteroatoms. The van der Waals surface area contributed by atoms with Crippen molar-refractivity contribution >= 4 is 12.6 Å². The first-order valence-corrected chi connectivity index (χ1v) is 3.86. The lowest BCUT2D eigenvalue weighted by Gasteiger charge is -1.93. The molecule has 0 saturated carbocycles. The van der Waals surface area contributed by atoms with E-state index >= 15 is 0 Å². The Morgan fingerprint density at radius 1 is 1.00 bits per heavy atom. The quantitative estimate of drug-likeness (QED) is 0.431. The van der Waals surface area contributed by atoms with E-state index in [0.29, 0.717) is 0 Å². The van der Waals surface area contributed by atoms with Gasteiger partial charge in [-0.15, -0.1) is 0 Å². The Hall–Kier alpha value is 0.310. The van der Waals surface area contributed by atoms with Crippen molar-refractivity contribution in [2.75, 3.05) is 12.3 Å². The molecule has 0 amide bonds. The summed E-state index contributed by atoms with van der Waals surface area (Å²) in [6, 6.07) is 0. The molecule has 1 nitrogen and oxygen atoms in total. The lowest BCUT2D eigenvalue weighted by molar-refractivity contribution is 0.678. The lowest BCUT2D eigenvalue weighted by atomic mass is 10.2. The molecule has 0 aliphatic heterocycles. The van der Waals surface area contributed by atoms with E-state index in [9.17, 15) is 0 Å². The van der Waals surface area contributed by atoms with Crippen LogP contribution in [0.25, 0.3) is 0 Å². The van der Waals surface area contributed by atoms with Gasteiger partial charge < -0.3 is 5.73 Å². The molecule has 0 saturated heterocycles. The molecule has 0 fully saturated rings. The van der Waals surface area contributed by atoms with Gasteiger partial charge in [0.15, 0.2) is 0 Å². The molecule has 0 spiro atoms. The van der Waals surface area contributed by atoms with Gasteiger partial charge in [0.2, 0.25) is 0 Å². The first-order chi connectivity index (χ1) is 3.91. The van der Waals surface area contributed by atoms with Crippen molar-refractivity contribution in [3.05, 3.63) is 0 Å². The molecular formula is C6H15NS. The first-order valence-electron chi connectivity index (χ1n) is 3.22. The Balaban J connectivity index is 2.53. The normalized spacial score (nSPS) is 9.75. The molecule has 0 aromatic carbocycles. The van der Waals surface area contributed by atoms with Crippen LogP contribution in [0.15, 0.2) is 0 Å². The molecular weight excluding hydrogens is 118 g/mol. The number of hydrogen-bond acceptors (Lipinski definition) is 2. The van der Waals surface area contributed by atoms with Crippen molar-refractivity contribution in [1.82, 2.24) is 0 Å². The fourth-order valence-electron chi connectivity index (χ4n) is 0.610. The van der Waals surface area contributed by atoms with E-state index in [-0.39, 0.29) is 0 Å². The Morgan fingerprint density at radius 3 is 2.12 bits per heavy atom. The minimum atomic E-state index is 0.840. The summed E-state index contributed by atoms with van der Waals surface area (Å²) >= 11 is 4.09. The number of rotatable bonds is 5. The van der Waals surface area contributed by atoms with Crippen LogP contribution in [0.3, 0.4) is 0 Å². The highest BCUT2D eigenvalue weighted by molar-refractivity contribution is 7.80. The smallest absolute Gasteiger partial charge is 0.00773 e. The molecule has 0 aromatic heterocycles. The maximum Gasteiger partial charge on any atom is -0.00773 e. The number of thiol groups is 1. The lowest BCUT2D eigenvalue weighted by Crippen LogP contribution is -1.97. The highest BCUT2D eigenvalue weighted by Gasteiger charge is 1.83. The van der Waals surface area contributed by atoms with Crippen molar-refractivity contribution in [2.24, 2.45) is 5.73 Å². The zero-order chi connectivity index (χ0) is 6.24. The second-order valence-corrected chi connectivity index (χ2v) is 2.37. The summed E-state index contributed by atoms with van der Waals surface area (Å²) in [6.07, 6.45) is 4.98. The van der Waals surface area contributed by atoms with E-state index in [1.165, 1.54) is 25.7 Å². The monoisotopic (exact) mass is 133 g/mol. The van der Waals surface area contributed by atoms with Crippen molar-refractivity contribution in [3.8, 4) is 0 Å². The molecule has 0 atom stereocenters. The third-order valence-corrected chi connectivity index (χ3v) is 1.43. The van der Waals surface area contributed by atoms with E-state index in [2.05, 4.69) is 12.6 Å². The summed E-state index contributed by atoms with van der Waals surface area (Å²) in [5, 5.41) is 0. The van der Waals surface area contributed by atoms with Gasteiger partial charge in [-0.3, -0.25) is 0 Å². The summed E-state index contributed by atoms with van der Waals surface area (Å²) in [4.78, 5) is 0. The van der Waals surface area contributed by atoms with Gasteiger partial charge in [0.1, 0.15) is 0 Å². The topological polar surface area (TPSA) is 26.0 Å². The van der Waals surface area contributed by atoms with Crippen LogP contribution in [0.4, 0.5) is 0 Å². The largest absolute Gasteiger partial charge is 0.330 e. The molecule has 0 rings (SSSR count). The number of hydrogen-bond donors (Lipinski definition) is 2. The Kier molecular flexibility index (Phi) is 7.59. The molecule has 0 heterocycles. The van der Waals surface area contributed by atoms with Crippen LogP contribution in [0.5, 0.6) is 0 Å². The molecule has 0 aliphatic rings. The summed E-state index contributed by atoms with van der Waals surface area (Å²) < 4.78 is 0. The molecule has 2 N–H and O–H groups in total. The summed E-state index contributed by atoms with van der Waals surface area (Å²) in [5.74, 6) is 1.02. The fourth-order valence-corrected chi connectivity index (χ4v) is 0.833. The van der Waals surface area contributed by atoms with Crippen LogP contribution >= 0.6 is 12.6 Å². The Bertz CT molecular complexity index is 33.5. The van der Waals surface area contributed by atoms with Crippen LogP contribution in [0.1, 0.15) is 25.7 Å². The number of unbranched alkanes of at least 4 members (excludes halogenated alkanes) is 3. The van der Waals surface area contributed by atoms with Gasteiger partial charge in [-0.05, 0) is 25.1 Å². The second-order valence-electron chi connectivity index (χ2n) is 1.93. The average Bonchev–Trinajstić information content (AvgIpc) is 1.81. The van der Waals surface area contributed by atoms with Crippen LogP contribution in [-0.2, 0) is 0 Å². The Morgan fingerprint density at radius 2 is 1.62 bits per heavy atom. The first kappa shape index (κ1) is 8.31. The third kappa shape index (κ3) is 6.31. The molecule has 0 radical (unpaired) electrons. The summed E-state index contributed by atoms with van der Waals surface area (Å²) in [6.45, 7) is 0.840. The van der Waals surface area contributed by atoms with Gasteiger partial charge in [0.25, 0.3) is 0 Å². The van der Waals surface area contributed by atoms with Crippen molar-refractivity contribution in [1.29, 1.82) is 0 Å². The SMILES string of the molecule is NCCCCCCS. The van der Waals surface area contributed by atoms with E-state index < -0.39 is 0 Å². The maximum absolute atomic E-state index is 5.29. The average molecular weight is 133 g/mol. The molecule has 0 bridgehead atoms. The zero-order valence-electron chi connectivity index (χ0n) is 5.27. The highest BCUT2D eigenvalue weighted by atomic mass is 32.1. The molecule has 0 aromatic rings. The van der Waals surface area contributed by atoms with E-state index in [1.54, 1.807) is 0 Å². The molecule has 0 unspecified atom stereocenters. The van der Waals surface area contributed by atoms with E-state index in [0.717, 1.165) is 12.3 Å². The van der Waals surface area contributed by atoms with Crippen molar-refractivity contribution in [3.63, 3.8) is 0 Å². The van der Waals surface area contributed by atoms with Crippen LogP contribution in [0.2, 0.25) is 0 Å². The zero-order valence-corrected chi connectivity index (χ0v) is 6.16. The van der Waals surface area contributed by atoms with Gasteiger partial charge in [-0.2, -0.15) is 12.6 Å². The van der Waals surface area contributed by atoms with Crippen LogP contribution in [0, 0.1) is 0 Å². The second kappa shape index (κ2) is 7.31. The summed E-state index contributed by atoms with van der Waals surface area (Å²) in [5.41, 5.74) is 5.29. The minimum Gasteiger partial charge on any atom is -0.330 e. The predicted molar refractivity (Wildman–Crippen MR) is 41.4 cm³/mol. The standard InChI is InChI=1S/C6H15NS/c7-5-3-1-2-4-6-8/h8H,1-7H2. The summed E-state index contributed by atoms with van der Waals surface area (Å²) in [7, 11) is 0. The minimum absolute atomic E-state index is 0.840. The van der Waals surface area contributed by atoms with Crippen molar-refractivity contribution in [2.45, 2.75) is 25.7 Å². The van der Waals surface area contributed by atoms with Gasteiger partial charge >= 0.3 is 0 Å². The third-order valence-electron chi connectivity index (χ3n) is 1.11. The van der Waals surface area contributed by atoms with E-state index in [4.69, 9.17) is 5.73 Å². The molecule has 50 valence electrons. The van der Waals surface area contributed by atoms with Gasteiger partial charge in [0.05, 0.1) is 0 Å². The van der Waals surface area contributed by atoms with Crippen LogP contribution in [-0.4, -0.2) is 12.3 Å². The van der Waals surface area contributed by atoms with Gasteiger partial charge in [0, 0.05) is 0 Å². The van der Waals surface area contributed by atoms with Gasteiger partial charge in [-0.1, -0.05) is 12.8 Å². The Labute approximate surface area is 57.1 Å². The predicted octanol–water partition coefficient (Wildman–Crippen LogP) is 1.44. The van der Waals surface area contributed by atoms with Crippen molar-refractivity contribution < 1.29 is 0 Å².